The predicted octanol–water partition coefficient (Wildman–Crippen LogP) is 5.59. The fourth-order valence-corrected chi connectivity index (χ4v) is 3.71. The lowest BCUT2D eigenvalue weighted by Crippen LogP contribution is -2.14. The van der Waals surface area contributed by atoms with Crippen molar-refractivity contribution in [1.29, 1.82) is 0 Å². The zero-order valence-corrected chi connectivity index (χ0v) is 14.2. The van der Waals surface area contributed by atoms with Gasteiger partial charge in [-0.3, -0.25) is 0 Å². The largest absolute Gasteiger partial charge is 0.324 e. The zero-order valence-electron chi connectivity index (χ0n) is 11.9. The number of hydrogen-bond acceptors (Lipinski definition) is 2. The van der Waals surface area contributed by atoms with Crippen LogP contribution in [0.3, 0.4) is 0 Å². The van der Waals surface area contributed by atoms with Crippen molar-refractivity contribution in [2.45, 2.75) is 38.6 Å². The number of thiophene rings is 1. The topological polar surface area (TPSA) is 26.0 Å². The van der Waals surface area contributed by atoms with Crippen molar-refractivity contribution < 1.29 is 0 Å². The van der Waals surface area contributed by atoms with Crippen molar-refractivity contribution in [2.24, 2.45) is 5.73 Å². The molecule has 4 heteroatoms. The van der Waals surface area contributed by atoms with Gasteiger partial charge < -0.3 is 5.73 Å². The molecule has 2 aromatic rings. The summed E-state index contributed by atoms with van der Waals surface area (Å²) in [5, 5.41) is 0. The molecule has 108 valence electrons. The van der Waals surface area contributed by atoms with Gasteiger partial charge in [0.2, 0.25) is 0 Å². The number of benzene rings is 1. The molecule has 1 heterocycles. The van der Waals surface area contributed by atoms with Crippen LogP contribution in [0.2, 0.25) is 8.67 Å². The summed E-state index contributed by atoms with van der Waals surface area (Å²) in [6.07, 6.45) is 0.761. The Morgan fingerprint density at radius 3 is 2.20 bits per heavy atom. The van der Waals surface area contributed by atoms with Gasteiger partial charge in [-0.25, -0.2) is 0 Å². The van der Waals surface area contributed by atoms with E-state index in [1.165, 1.54) is 22.5 Å². The van der Waals surface area contributed by atoms with Crippen LogP contribution < -0.4 is 5.73 Å². The van der Waals surface area contributed by atoms with Gasteiger partial charge in [-0.1, -0.05) is 68.2 Å². The molecule has 1 aromatic carbocycles. The highest BCUT2D eigenvalue weighted by molar-refractivity contribution is 7.20. The Labute approximate surface area is 134 Å². The van der Waals surface area contributed by atoms with Crippen LogP contribution in [0.25, 0.3) is 0 Å². The molecular weight excluding hydrogens is 309 g/mol. The standard InChI is InChI=1S/C16H19Cl2NS/c1-16(2,3)11-6-4-10(5-7-11)8-13(19)12-9-14(17)20-15(12)18/h4-7,9,13H,8,19H2,1-3H3. The van der Waals surface area contributed by atoms with Crippen molar-refractivity contribution in [3.8, 4) is 0 Å². The Kier molecular flexibility index (Phi) is 4.80. The van der Waals surface area contributed by atoms with Crippen LogP contribution in [0.4, 0.5) is 0 Å². The van der Waals surface area contributed by atoms with E-state index < -0.39 is 0 Å². The van der Waals surface area contributed by atoms with Crippen LogP contribution in [-0.2, 0) is 11.8 Å². The predicted molar refractivity (Wildman–Crippen MR) is 90.1 cm³/mol. The highest BCUT2D eigenvalue weighted by Crippen LogP contribution is 2.35. The summed E-state index contributed by atoms with van der Waals surface area (Å²) in [4.78, 5) is 0. The summed E-state index contributed by atoms with van der Waals surface area (Å²) in [5.74, 6) is 0. The molecule has 0 saturated heterocycles. The summed E-state index contributed by atoms with van der Waals surface area (Å²) >= 11 is 13.5. The Morgan fingerprint density at radius 1 is 1.15 bits per heavy atom. The van der Waals surface area contributed by atoms with E-state index in [1.807, 2.05) is 6.07 Å². The van der Waals surface area contributed by atoms with Crippen LogP contribution in [0.1, 0.15) is 43.5 Å². The quantitative estimate of drug-likeness (QED) is 0.780. The van der Waals surface area contributed by atoms with Crippen LogP contribution >= 0.6 is 34.5 Å². The molecule has 0 saturated carbocycles. The van der Waals surface area contributed by atoms with Gasteiger partial charge in [-0.05, 0) is 29.0 Å². The van der Waals surface area contributed by atoms with Crippen LogP contribution in [0, 0.1) is 0 Å². The van der Waals surface area contributed by atoms with Crippen LogP contribution in [0.5, 0.6) is 0 Å². The minimum Gasteiger partial charge on any atom is -0.324 e. The lowest BCUT2D eigenvalue weighted by atomic mass is 9.86. The first-order chi connectivity index (χ1) is 9.27. The third kappa shape index (κ3) is 3.76. The fraction of sp³-hybridized carbons (Fsp3) is 0.375. The van der Waals surface area contributed by atoms with E-state index in [4.69, 9.17) is 28.9 Å². The van der Waals surface area contributed by atoms with Gasteiger partial charge in [0, 0.05) is 11.6 Å². The second-order valence-corrected chi connectivity index (χ2v) is 8.32. The molecule has 0 aliphatic carbocycles. The Morgan fingerprint density at radius 2 is 1.75 bits per heavy atom. The van der Waals surface area contributed by atoms with Gasteiger partial charge in [0.05, 0.1) is 8.67 Å². The molecular formula is C16H19Cl2NS. The second-order valence-electron chi connectivity index (χ2n) is 6.04. The fourth-order valence-electron chi connectivity index (χ4n) is 2.11. The molecule has 0 aliphatic rings. The van der Waals surface area contributed by atoms with E-state index in [-0.39, 0.29) is 11.5 Å². The molecule has 0 aliphatic heterocycles. The molecule has 1 unspecified atom stereocenters. The molecule has 2 N–H and O–H groups in total. The van der Waals surface area contributed by atoms with Crippen molar-refractivity contribution in [1.82, 2.24) is 0 Å². The van der Waals surface area contributed by atoms with E-state index in [9.17, 15) is 0 Å². The van der Waals surface area contributed by atoms with Crippen LogP contribution in [0.15, 0.2) is 30.3 Å². The first-order valence-electron chi connectivity index (χ1n) is 6.57. The van der Waals surface area contributed by atoms with Gasteiger partial charge >= 0.3 is 0 Å². The van der Waals surface area contributed by atoms with Crippen molar-refractivity contribution in [2.75, 3.05) is 0 Å². The third-order valence-corrected chi connectivity index (χ3v) is 4.88. The summed E-state index contributed by atoms with van der Waals surface area (Å²) in [6, 6.07) is 10.4. The van der Waals surface area contributed by atoms with Gasteiger partial charge in [0.1, 0.15) is 0 Å². The lowest BCUT2D eigenvalue weighted by molar-refractivity contribution is 0.589. The smallest absolute Gasteiger partial charge is 0.0992 e. The molecule has 0 radical (unpaired) electrons. The summed E-state index contributed by atoms with van der Waals surface area (Å²) < 4.78 is 1.37. The van der Waals surface area contributed by atoms with Gasteiger partial charge in [0.15, 0.2) is 0 Å². The molecule has 1 nitrogen and oxygen atoms in total. The molecule has 0 spiro atoms. The molecule has 2 rings (SSSR count). The average molecular weight is 328 g/mol. The zero-order chi connectivity index (χ0) is 14.9. The highest BCUT2D eigenvalue weighted by Gasteiger charge is 2.16. The Bertz CT molecular complexity index is 582. The van der Waals surface area contributed by atoms with E-state index in [2.05, 4.69) is 45.0 Å². The summed E-state index contributed by atoms with van der Waals surface area (Å²) in [7, 11) is 0. The maximum absolute atomic E-state index is 6.23. The summed E-state index contributed by atoms with van der Waals surface area (Å²) in [5.41, 5.74) is 9.87. The highest BCUT2D eigenvalue weighted by atomic mass is 35.5. The number of halogens is 2. The second kappa shape index (κ2) is 6.07. The van der Waals surface area contributed by atoms with Crippen molar-refractivity contribution in [3.63, 3.8) is 0 Å². The third-order valence-electron chi connectivity index (χ3n) is 3.36. The maximum Gasteiger partial charge on any atom is 0.0992 e. The van der Waals surface area contributed by atoms with Crippen LogP contribution in [-0.4, -0.2) is 0 Å². The number of nitrogens with two attached hydrogens (primary N) is 1. The molecule has 0 fully saturated rings. The van der Waals surface area contributed by atoms with E-state index >= 15 is 0 Å². The normalized spacial score (nSPS) is 13.5. The molecule has 20 heavy (non-hydrogen) atoms. The van der Waals surface area contributed by atoms with Gasteiger partial charge in [-0.2, -0.15) is 0 Å². The SMILES string of the molecule is CC(C)(C)c1ccc(CC(N)c2cc(Cl)sc2Cl)cc1. The van der Waals surface area contributed by atoms with Crippen molar-refractivity contribution in [3.05, 3.63) is 55.7 Å². The van der Waals surface area contributed by atoms with E-state index in [0.29, 0.717) is 8.67 Å². The summed E-state index contributed by atoms with van der Waals surface area (Å²) in [6.45, 7) is 6.63. The van der Waals surface area contributed by atoms with Gasteiger partial charge in [0.25, 0.3) is 0 Å². The lowest BCUT2D eigenvalue weighted by Gasteiger charge is -2.19. The molecule has 1 aromatic heterocycles. The van der Waals surface area contributed by atoms with E-state index in [0.717, 1.165) is 12.0 Å². The Balaban J connectivity index is 2.12. The maximum atomic E-state index is 6.23. The minimum atomic E-state index is -0.119. The van der Waals surface area contributed by atoms with E-state index in [1.54, 1.807) is 0 Å². The first kappa shape index (κ1) is 15.8. The minimum absolute atomic E-state index is 0.119. The molecule has 0 bridgehead atoms. The Hall–Kier alpha value is -0.540. The molecule has 0 amide bonds. The van der Waals surface area contributed by atoms with Gasteiger partial charge in [-0.15, -0.1) is 11.3 Å². The number of rotatable bonds is 3. The monoisotopic (exact) mass is 327 g/mol. The number of hydrogen-bond donors (Lipinski definition) is 1. The average Bonchev–Trinajstić information content (AvgIpc) is 2.68. The first-order valence-corrected chi connectivity index (χ1v) is 8.14. The van der Waals surface area contributed by atoms with Crippen molar-refractivity contribution >= 4 is 34.5 Å². The molecule has 1 atom stereocenters.